The van der Waals surface area contributed by atoms with E-state index in [-0.39, 0.29) is 18.4 Å². The summed E-state index contributed by atoms with van der Waals surface area (Å²) in [6, 6.07) is 8.03. The first-order valence-electron chi connectivity index (χ1n) is 6.84. The Labute approximate surface area is 122 Å². The van der Waals surface area contributed by atoms with Crippen LogP contribution >= 0.6 is 0 Å². The number of carbonyl (C=O) groups is 1. The molecule has 0 bridgehead atoms. The summed E-state index contributed by atoms with van der Waals surface area (Å²) in [5.41, 5.74) is 7.14. The predicted molar refractivity (Wildman–Crippen MR) is 75.6 cm³/mol. The topological polar surface area (TPSA) is 95.1 Å². The summed E-state index contributed by atoms with van der Waals surface area (Å²) in [4.78, 5) is 11.1. The van der Waals surface area contributed by atoms with Crippen LogP contribution in [0.1, 0.15) is 17.2 Å². The maximum Gasteiger partial charge on any atom is 0.234 e. The molecule has 0 saturated carbocycles. The number of rotatable bonds is 5. The average molecular weight is 287 g/mol. The van der Waals surface area contributed by atoms with Crippen LogP contribution in [0, 0.1) is 0 Å². The number of nitrogens with two attached hydrogens (primary N) is 1. The molecule has 1 amide bonds. The lowest BCUT2D eigenvalue weighted by Crippen LogP contribution is -2.29. The number of hydrogen-bond donors (Lipinski definition) is 2. The van der Waals surface area contributed by atoms with Gasteiger partial charge in [0.2, 0.25) is 5.91 Å². The van der Waals surface area contributed by atoms with Crippen molar-refractivity contribution in [3.8, 4) is 5.75 Å². The first-order chi connectivity index (χ1) is 10.3. The minimum absolute atomic E-state index is 0.0235. The summed E-state index contributed by atoms with van der Waals surface area (Å²) in [5.74, 6) is 1.01. The van der Waals surface area contributed by atoms with Gasteiger partial charge in [0, 0.05) is 11.5 Å². The maximum absolute atomic E-state index is 11.1. The van der Waals surface area contributed by atoms with Crippen LogP contribution in [0.2, 0.25) is 0 Å². The fraction of sp³-hybridized carbons (Fsp3) is 0.357. The molecule has 1 unspecified atom stereocenters. The number of hydrogen-bond acceptors (Lipinski definition) is 5. The van der Waals surface area contributed by atoms with Gasteiger partial charge in [-0.1, -0.05) is 23.4 Å². The number of nitrogens with one attached hydrogen (secondary N) is 1. The van der Waals surface area contributed by atoms with Gasteiger partial charge in [-0.15, -0.1) is 5.10 Å². The molecule has 1 aromatic carbocycles. The minimum atomic E-state index is -0.206. The van der Waals surface area contributed by atoms with Gasteiger partial charge in [0.1, 0.15) is 11.4 Å². The molecular formula is C14H17N5O2. The van der Waals surface area contributed by atoms with E-state index >= 15 is 0 Å². The lowest BCUT2D eigenvalue weighted by molar-refractivity contribution is -0.119. The molecule has 1 aliphatic heterocycles. The van der Waals surface area contributed by atoms with Crippen LogP contribution in [0.5, 0.6) is 5.75 Å². The van der Waals surface area contributed by atoms with Gasteiger partial charge in [-0.05, 0) is 6.07 Å². The van der Waals surface area contributed by atoms with E-state index in [1.54, 1.807) is 4.68 Å². The number of amides is 1. The van der Waals surface area contributed by atoms with Gasteiger partial charge >= 0.3 is 0 Å². The SMILES string of the molecule is NCC(=O)NCc1cn(CC2COc3ccccc32)nn1. The highest BCUT2D eigenvalue weighted by molar-refractivity contribution is 5.77. The fourth-order valence-corrected chi connectivity index (χ4v) is 2.38. The van der Waals surface area contributed by atoms with Crippen molar-refractivity contribution in [1.29, 1.82) is 0 Å². The molecule has 7 heteroatoms. The second kappa shape index (κ2) is 5.92. The van der Waals surface area contributed by atoms with Gasteiger partial charge in [-0.25, -0.2) is 0 Å². The van der Waals surface area contributed by atoms with E-state index in [0.717, 1.165) is 5.75 Å². The number of ether oxygens (including phenoxy) is 1. The molecule has 110 valence electrons. The van der Waals surface area contributed by atoms with Crippen LogP contribution < -0.4 is 15.8 Å². The molecule has 0 fully saturated rings. The van der Waals surface area contributed by atoms with Gasteiger partial charge in [-0.2, -0.15) is 0 Å². The highest BCUT2D eigenvalue weighted by Gasteiger charge is 2.24. The van der Waals surface area contributed by atoms with Crippen molar-refractivity contribution in [3.63, 3.8) is 0 Å². The minimum Gasteiger partial charge on any atom is -0.493 e. The monoisotopic (exact) mass is 287 g/mol. The van der Waals surface area contributed by atoms with E-state index in [4.69, 9.17) is 10.5 Å². The maximum atomic E-state index is 11.1. The van der Waals surface area contributed by atoms with Gasteiger partial charge in [-0.3, -0.25) is 9.48 Å². The Bertz CT molecular complexity index is 640. The van der Waals surface area contributed by atoms with Crippen molar-refractivity contribution in [1.82, 2.24) is 20.3 Å². The van der Waals surface area contributed by atoms with Crippen molar-refractivity contribution < 1.29 is 9.53 Å². The Morgan fingerprint density at radius 1 is 1.48 bits per heavy atom. The van der Waals surface area contributed by atoms with Gasteiger partial charge < -0.3 is 15.8 Å². The molecule has 1 aliphatic rings. The smallest absolute Gasteiger partial charge is 0.234 e. The number of benzene rings is 1. The van der Waals surface area contributed by atoms with Gasteiger partial charge in [0.15, 0.2) is 0 Å². The van der Waals surface area contributed by atoms with Gasteiger partial charge in [0.25, 0.3) is 0 Å². The van der Waals surface area contributed by atoms with Crippen LogP contribution in [0.25, 0.3) is 0 Å². The van der Waals surface area contributed by atoms with E-state index < -0.39 is 0 Å². The second-order valence-corrected chi connectivity index (χ2v) is 4.96. The molecule has 1 atom stereocenters. The second-order valence-electron chi connectivity index (χ2n) is 4.96. The third kappa shape index (κ3) is 3.03. The molecule has 0 spiro atoms. The van der Waals surface area contributed by atoms with Crippen molar-refractivity contribution in [3.05, 3.63) is 41.7 Å². The molecule has 2 heterocycles. The first-order valence-corrected chi connectivity index (χ1v) is 6.84. The number of carbonyl (C=O) groups excluding carboxylic acids is 1. The zero-order chi connectivity index (χ0) is 14.7. The largest absolute Gasteiger partial charge is 0.493 e. The first kappa shape index (κ1) is 13.6. The molecule has 7 nitrogen and oxygen atoms in total. The molecule has 21 heavy (non-hydrogen) atoms. The standard InChI is InChI=1S/C14H17N5O2/c15-5-14(20)16-6-11-8-19(18-17-11)7-10-9-21-13-4-2-1-3-12(10)13/h1-4,8,10H,5-7,9,15H2,(H,16,20). The van der Waals surface area contributed by atoms with Crippen LogP contribution in [0.3, 0.4) is 0 Å². The summed E-state index contributed by atoms with van der Waals surface area (Å²) in [6.45, 7) is 1.67. The number of aromatic nitrogens is 3. The Morgan fingerprint density at radius 3 is 3.19 bits per heavy atom. The molecule has 3 N–H and O–H groups in total. The Balaban J connectivity index is 1.62. The zero-order valence-corrected chi connectivity index (χ0v) is 11.5. The Morgan fingerprint density at radius 2 is 2.33 bits per heavy atom. The van der Waals surface area contributed by atoms with E-state index in [0.29, 0.717) is 25.4 Å². The lowest BCUT2D eigenvalue weighted by Gasteiger charge is -2.07. The highest BCUT2D eigenvalue weighted by Crippen LogP contribution is 2.34. The fourth-order valence-electron chi connectivity index (χ4n) is 2.38. The number of para-hydroxylation sites is 1. The van der Waals surface area contributed by atoms with Gasteiger partial charge in [0.05, 0.1) is 32.4 Å². The highest BCUT2D eigenvalue weighted by atomic mass is 16.5. The molecule has 0 radical (unpaired) electrons. The van der Waals surface area contributed by atoms with Crippen LogP contribution in [-0.4, -0.2) is 34.1 Å². The normalized spacial score (nSPS) is 16.3. The molecule has 0 saturated heterocycles. The Hall–Kier alpha value is -2.41. The quantitative estimate of drug-likeness (QED) is 0.809. The molecular weight excluding hydrogens is 270 g/mol. The van der Waals surface area contributed by atoms with Crippen LogP contribution in [0.15, 0.2) is 30.5 Å². The summed E-state index contributed by atoms with van der Waals surface area (Å²) < 4.78 is 7.43. The summed E-state index contributed by atoms with van der Waals surface area (Å²) in [7, 11) is 0. The third-order valence-electron chi connectivity index (χ3n) is 3.44. The summed E-state index contributed by atoms with van der Waals surface area (Å²) >= 11 is 0. The lowest BCUT2D eigenvalue weighted by atomic mass is 10.0. The Kier molecular flexibility index (Phi) is 3.83. The van der Waals surface area contributed by atoms with E-state index in [9.17, 15) is 4.79 Å². The molecule has 2 aromatic rings. The van der Waals surface area contributed by atoms with Crippen molar-refractivity contribution in [2.75, 3.05) is 13.2 Å². The average Bonchev–Trinajstić information content (AvgIpc) is 3.13. The van der Waals surface area contributed by atoms with Crippen molar-refractivity contribution in [2.45, 2.75) is 19.0 Å². The van der Waals surface area contributed by atoms with Crippen molar-refractivity contribution in [2.24, 2.45) is 5.73 Å². The molecule has 0 aliphatic carbocycles. The van der Waals surface area contributed by atoms with Crippen LogP contribution in [-0.2, 0) is 17.9 Å². The zero-order valence-electron chi connectivity index (χ0n) is 11.5. The molecule has 3 rings (SSSR count). The van der Waals surface area contributed by atoms with Crippen LogP contribution in [0.4, 0.5) is 0 Å². The summed E-state index contributed by atoms with van der Waals surface area (Å²) in [5, 5.41) is 10.8. The van der Waals surface area contributed by atoms with E-state index in [1.807, 2.05) is 24.4 Å². The van der Waals surface area contributed by atoms with E-state index in [2.05, 4.69) is 21.7 Å². The number of nitrogens with zero attached hydrogens (tertiary/aromatic N) is 3. The predicted octanol–water partition coefficient (Wildman–Crippen LogP) is 0.0292. The molecule has 1 aromatic heterocycles. The van der Waals surface area contributed by atoms with Crippen molar-refractivity contribution >= 4 is 5.91 Å². The van der Waals surface area contributed by atoms with E-state index in [1.165, 1.54) is 5.56 Å². The third-order valence-corrected chi connectivity index (χ3v) is 3.44. The summed E-state index contributed by atoms with van der Waals surface area (Å²) in [6.07, 6.45) is 1.83. The number of fused-ring (bicyclic) bond motifs is 1.